The largest absolute Gasteiger partial charge is 0.279 e. The molecule has 0 aliphatic heterocycles. The van der Waals surface area contributed by atoms with Crippen LogP contribution in [0, 0.1) is 0 Å². The van der Waals surface area contributed by atoms with E-state index < -0.39 is 10.0 Å². The number of sulfonamides is 1. The number of hydrogen-bond donors (Lipinski definition) is 1. The number of nitrogens with one attached hydrogen (secondary N) is 1. The molecule has 5 nitrogen and oxygen atoms in total. The number of halogens is 2. The smallest absolute Gasteiger partial charge is 0.265 e. The molecule has 29 heavy (non-hydrogen) atoms. The summed E-state index contributed by atoms with van der Waals surface area (Å²) in [7, 11) is -3.90. The molecule has 0 amide bonds. The Morgan fingerprint density at radius 2 is 1.79 bits per heavy atom. The van der Waals surface area contributed by atoms with Crippen molar-refractivity contribution in [3.8, 4) is 10.6 Å². The van der Waals surface area contributed by atoms with Gasteiger partial charge in [0.25, 0.3) is 10.0 Å². The van der Waals surface area contributed by atoms with Crippen LogP contribution in [0.1, 0.15) is 5.56 Å². The van der Waals surface area contributed by atoms with Crippen molar-refractivity contribution in [2.45, 2.75) is 11.4 Å². The molecule has 0 saturated heterocycles. The molecule has 0 spiro atoms. The molecule has 0 fully saturated rings. The molecule has 4 rings (SSSR count). The van der Waals surface area contributed by atoms with E-state index in [9.17, 15) is 8.42 Å². The predicted molar refractivity (Wildman–Crippen MR) is 118 cm³/mol. The molecule has 2 aromatic carbocycles. The van der Waals surface area contributed by atoms with Crippen molar-refractivity contribution in [2.24, 2.45) is 0 Å². The molecule has 0 radical (unpaired) electrons. The molecule has 0 unspecified atom stereocenters. The quantitative estimate of drug-likeness (QED) is 0.394. The van der Waals surface area contributed by atoms with Crippen molar-refractivity contribution >= 4 is 50.2 Å². The van der Waals surface area contributed by atoms with Crippen LogP contribution in [0.4, 0.5) is 5.69 Å². The number of aromatic nitrogens is 2. The zero-order chi connectivity index (χ0) is 20.4. The molecule has 0 bridgehead atoms. The summed E-state index contributed by atoms with van der Waals surface area (Å²) >= 11 is 13.4. The standard InChI is InChI=1S/C20H15Cl2N3O2S2/c21-16-9-8-15(11-17(16)22)24-29(26,27)19-13-25(12-14-5-2-1-3-6-14)23-20(19)18-7-4-10-28-18/h1-11,13,24H,12H2. The second kappa shape index (κ2) is 8.20. The van der Waals surface area contributed by atoms with E-state index in [1.807, 2.05) is 47.8 Å². The molecule has 4 aromatic rings. The van der Waals surface area contributed by atoms with Gasteiger partial charge in [-0.1, -0.05) is 59.6 Å². The van der Waals surface area contributed by atoms with Crippen LogP contribution in [0.5, 0.6) is 0 Å². The van der Waals surface area contributed by atoms with E-state index >= 15 is 0 Å². The second-order valence-corrected chi connectivity index (χ2v) is 9.65. The Bertz CT molecular complexity index is 1240. The van der Waals surface area contributed by atoms with Crippen molar-refractivity contribution in [2.75, 3.05) is 4.72 Å². The Morgan fingerprint density at radius 3 is 2.48 bits per heavy atom. The maximum absolute atomic E-state index is 13.1. The van der Waals surface area contributed by atoms with Gasteiger partial charge < -0.3 is 0 Å². The van der Waals surface area contributed by atoms with Gasteiger partial charge in [-0.3, -0.25) is 9.40 Å². The van der Waals surface area contributed by atoms with E-state index in [2.05, 4.69) is 9.82 Å². The van der Waals surface area contributed by atoms with Crippen LogP contribution in [0.15, 0.2) is 77.1 Å². The topological polar surface area (TPSA) is 64.0 Å². The van der Waals surface area contributed by atoms with Crippen LogP contribution >= 0.6 is 34.5 Å². The molecule has 148 valence electrons. The van der Waals surface area contributed by atoms with Crippen molar-refractivity contribution in [3.63, 3.8) is 0 Å². The lowest BCUT2D eigenvalue weighted by molar-refractivity contribution is 0.601. The molecule has 0 aliphatic carbocycles. The van der Waals surface area contributed by atoms with E-state index in [4.69, 9.17) is 23.2 Å². The average molecular weight is 464 g/mol. The van der Waals surface area contributed by atoms with E-state index in [0.717, 1.165) is 10.4 Å². The Labute approximate surface area is 182 Å². The van der Waals surface area contributed by atoms with Gasteiger partial charge in [0.15, 0.2) is 0 Å². The third-order valence-corrected chi connectivity index (χ3v) is 7.13. The van der Waals surface area contributed by atoms with Crippen molar-refractivity contribution in [1.82, 2.24) is 9.78 Å². The minimum atomic E-state index is -3.90. The third-order valence-electron chi connectivity index (χ3n) is 4.13. The maximum Gasteiger partial charge on any atom is 0.265 e. The molecule has 1 N–H and O–H groups in total. The van der Waals surface area contributed by atoms with Gasteiger partial charge in [0, 0.05) is 6.20 Å². The van der Waals surface area contributed by atoms with E-state index in [-0.39, 0.29) is 9.92 Å². The van der Waals surface area contributed by atoms with Gasteiger partial charge in [-0.25, -0.2) is 8.42 Å². The van der Waals surface area contributed by atoms with Gasteiger partial charge >= 0.3 is 0 Å². The summed E-state index contributed by atoms with van der Waals surface area (Å²) in [6.45, 7) is 0.460. The summed E-state index contributed by atoms with van der Waals surface area (Å²) in [6.07, 6.45) is 1.54. The van der Waals surface area contributed by atoms with Gasteiger partial charge in [0.05, 0.1) is 27.2 Å². The third kappa shape index (κ3) is 4.48. The van der Waals surface area contributed by atoms with Crippen LogP contribution in [0.2, 0.25) is 10.0 Å². The van der Waals surface area contributed by atoms with E-state index in [0.29, 0.717) is 22.9 Å². The molecule has 9 heteroatoms. The number of thiophene rings is 1. The number of hydrogen-bond acceptors (Lipinski definition) is 4. The molecule has 2 aromatic heterocycles. The first-order valence-corrected chi connectivity index (χ1v) is 11.7. The summed E-state index contributed by atoms with van der Waals surface area (Å²) < 4.78 is 30.5. The Balaban J connectivity index is 1.73. The van der Waals surface area contributed by atoms with Crippen LogP contribution in [0.3, 0.4) is 0 Å². The fraction of sp³-hybridized carbons (Fsp3) is 0.0500. The van der Waals surface area contributed by atoms with Gasteiger partial charge in [0.2, 0.25) is 0 Å². The monoisotopic (exact) mass is 463 g/mol. The molecular weight excluding hydrogens is 449 g/mol. The first-order valence-electron chi connectivity index (χ1n) is 8.55. The van der Waals surface area contributed by atoms with Crippen molar-refractivity contribution < 1.29 is 8.42 Å². The van der Waals surface area contributed by atoms with Crippen molar-refractivity contribution in [3.05, 3.63) is 87.8 Å². The van der Waals surface area contributed by atoms with E-state index in [1.165, 1.54) is 17.4 Å². The maximum atomic E-state index is 13.1. The first-order chi connectivity index (χ1) is 13.9. The lowest BCUT2D eigenvalue weighted by Crippen LogP contribution is -2.13. The molecule has 0 saturated carbocycles. The highest BCUT2D eigenvalue weighted by atomic mass is 35.5. The summed E-state index contributed by atoms with van der Waals surface area (Å²) in [5.41, 5.74) is 1.75. The fourth-order valence-corrected chi connectivity index (χ4v) is 5.10. The lowest BCUT2D eigenvalue weighted by Gasteiger charge is -2.08. The fourth-order valence-electron chi connectivity index (χ4n) is 2.80. The minimum absolute atomic E-state index is 0.0990. The van der Waals surface area contributed by atoms with E-state index in [1.54, 1.807) is 23.0 Å². The highest BCUT2D eigenvalue weighted by Crippen LogP contribution is 2.32. The summed E-state index contributed by atoms with van der Waals surface area (Å²) in [4.78, 5) is 0.869. The summed E-state index contributed by atoms with van der Waals surface area (Å²) in [6, 6.07) is 18.0. The van der Waals surface area contributed by atoms with Gasteiger partial charge in [0.1, 0.15) is 10.6 Å². The number of nitrogens with zero attached hydrogens (tertiary/aromatic N) is 2. The molecule has 0 atom stereocenters. The second-order valence-electron chi connectivity index (χ2n) is 6.24. The van der Waals surface area contributed by atoms with Gasteiger partial charge in [-0.05, 0) is 35.2 Å². The van der Waals surface area contributed by atoms with Crippen LogP contribution in [-0.2, 0) is 16.6 Å². The Morgan fingerprint density at radius 1 is 1.00 bits per heavy atom. The normalized spacial score (nSPS) is 11.5. The summed E-state index contributed by atoms with van der Waals surface area (Å²) in [5, 5.41) is 7.05. The van der Waals surface area contributed by atoms with Gasteiger partial charge in [-0.15, -0.1) is 11.3 Å². The number of anilines is 1. The minimum Gasteiger partial charge on any atom is -0.279 e. The molecule has 0 aliphatic rings. The molecule has 2 heterocycles. The average Bonchev–Trinajstić information content (AvgIpc) is 3.35. The highest BCUT2D eigenvalue weighted by Gasteiger charge is 2.25. The van der Waals surface area contributed by atoms with Crippen LogP contribution < -0.4 is 4.72 Å². The Hall–Kier alpha value is -2.32. The zero-order valence-electron chi connectivity index (χ0n) is 14.9. The predicted octanol–water partition coefficient (Wildman–Crippen LogP) is 5.77. The SMILES string of the molecule is O=S(=O)(Nc1ccc(Cl)c(Cl)c1)c1cn(Cc2ccccc2)nc1-c1cccs1. The van der Waals surface area contributed by atoms with Crippen molar-refractivity contribution in [1.29, 1.82) is 0 Å². The lowest BCUT2D eigenvalue weighted by atomic mass is 10.2. The van der Waals surface area contributed by atoms with Crippen LogP contribution in [-0.4, -0.2) is 18.2 Å². The summed E-state index contributed by atoms with van der Waals surface area (Å²) in [5.74, 6) is 0. The number of benzene rings is 2. The van der Waals surface area contributed by atoms with Gasteiger partial charge in [-0.2, -0.15) is 5.10 Å². The number of rotatable bonds is 6. The Kier molecular flexibility index (Phi) is 5.65. The highest BCUT2D eigenvalue weighted by molar-refractivity contribution is 7.92. The molecular formula is C20H15Cl2N3O2S2. The first kappa shape index (κ1) is 20.0. The zero-order valence-corrected chi connectivity index (χ0v) is 18.1. The van der Waals surface area contributed by atoms with Crippen LogP contribution in [0.25, 0.3) is 10.6 Å².